The lowest BCUT2D eigenvalue weighted by atomic mass is 9.88. The number of primary amides is 1. The molecule has 1 unspecified atom stereocenters. The fourth-order valence-electron chi connectivity index (χ4n) is 1.29. The van der Waals surface area contributed by atoms with Gasteiger partial charge in [-0.25, -0.2) is 0 Å². The van der Waals surface area contributed by atoms with E-state index in [4.69, 9.17) is 34.7 Å². The van der Waals surface area contributed by atoms with Gasteiger partial charge in [-0.1, -0.05) is 36.2 Å². The Balaban J connectivity index is 3.25. The highest BCUT2D eigenvalue weighted by molar-refractivity contribution is 6.42. The zero-order chi connectivity index (χ0) is 11.6. The normalized spacial score (nSPS) is 14.7. The molecule has 0 spiro atoms. The first-order valence-corrected chi connectivity index (χ1v) is 5.21. The van der Waals surface area contributed by atoms with Crippen molar-refractivity contribution in [1.29, 1.82) is 0 Å². The van der Waals surface area contributed by atoms with Crippen LogP contribution in [0.2, 0.25) is 10.0 Å². The highest BCUT2D eigenvalue weighted by Gasteiger charge is 2.32. The standard InChI is InChI=1S/C10H12Cl2N2O/c1-2-10(14,9(13)15)6-3-4-7(11)8(12)5-6/h3-5H,2,14H2,1H3,(H2,13,15). The van der Waals surface area contributed by atoms with E-state index in [9.17, 15) is 4.79 Å². The van der Waals surface area contributed by atoms with Crippen LogP contribution >= 0.6 is 23.2 Å². The van der Waals surface area contributed by atoms with E-state index in [1.54, 1.807) is 25.1 Å². The van der Waals surface area contributed by atoms with Crippen molar-refractivity contribution >= 4 is 29.1 Å². The van der Waals surface area contributed by atoms with Crippen molar-refractivity contribution in [3.8, 4) is 0 Å². The Bertz CT molecular complexity index is 395. The van der Waals surface area contributed by atoms with E-state index in [-0.39, 0.29) is 0 Å². The van der Waals surface area contributed by atoms with E-state index in [0.717, 1.165) is 0 Å². The molecule has 0 fully saturated rings. The second-order valence-corrected chi connectivity index (χ2v) is 4.13. The van der Waals surface area contributed by atoms with Gasteiger partial charge in [0, 0.05) is 0 Å². The molecule has 1 aromatic rings. The van der Waals surface area contributed by atoms with Crippen LogP contribution in [0.25, 0.3) is 0 Å². The quantitative estimate of drug-likeness (QED) is 0.858. The fraction of sp³-hybridized carbons (Fsp3) is 0.300. The summed E-state index contributed by atoms with van der Waals surface area (Å²) in [5.41, 5.74) is 10.6. The molecule has 4 N–H and O–H groups in total. The maximum absolute atomic E-state index is 11.3. The number of hydrogen-bond acceptors (Lipinski definition) is 2. The minimum atomic E-state index is -1.19. The van der Waals surface area contributed by atoms with Gasteiger partial charge < -0.3 is 11.5 Å². The van der Waals surface area contributed by atoms with Gasteiger partial charge in [0.15, 0.2) is 0 Å². The van der Waals surface area contributed by atoms with E-state index in [2.05, 4.69) is 0 Å². The molecular formula is C10H12Cl2N2O. The van der Waals surface area contributed by atoms with Crippen LogP contribution in [0.3, 0.4) is 0 Å². The Hall–Kier alpha value is -0.770. The molecule has 1 aromatic carbocycles. The maximum Gasteiger partial charge on any atom is 0.242 e. The van der Waals surface area contributed by atoms with Crippen LogP contribution in [0.1, 0.15) is 18.9 Å². The summed E-state index contributed by atoms with van der Waals surface area (Å²) >= 11 is 11.6. The van der Waals surface area contributed by atoms with Crippen molar-refractivity contribution in [1.82, 2.24) is 0 Å². The van der Waals surface area contributed by atoms with Crippen LogP contribution in [0.5, 0.6) is 0 Å². The van der Waals surface area contributed by atoms with Crippen LogP contribution in [-0.2, 0) is 10.3 Å². The van der Waals surface area contributed by atoms with Gasteiger partial charge in [-0.05, 0) is 24.1 Å². The number of halogens is 2. The predicted octanol–water partition coefficient (Wildman–Crippen LogP) is 2.04. The molecule has 0 bridgehead atoms. The molecule has 0 aromatic heterocycles. The number of nitrogens with two attached hydrogens (primary N) is 2. The van der Waals surface area contributed by atoms with Crippen LogP contribution < -0.4 is 11.5 Å². The van der Waals surface area contributed by atoms with Gasteiger partial charge in [-0.15, -0.1) is 0 Å². The molecular weight excluding hydrogens is 235 g/mol. The topological polar surface area (TPSA) is 69.1 Å². The van der Waals surface area contributed by atoms with Crippen molar-refractivity contribution in [3.63, 3.8) is 0 Å². The summed E-state index contributed by atoms with van der Waals surface area (Å²) in [5.74, 6) is -0.580. The van der Waals surface area contributed by atoms with Crippen molar-refractivity contribution in [2.75, 3.05) is 0 Å². The summed E-state index contributed by atoms with van der Waals surface area (Å²) in [6.45, 7) is 1.78. The fourth-order valence-corrected chi connectivity index (χ4v) is 1.59. The van der Waals surface area contributed by atoms with Crippen LogP contribution in [0.4, 0.5) is 0 Å². The molecule has 82 valence electrons. The Labute approximate surface area is 98.3 Å². The summed E-state index contributed by atoms with van der Waals surface area (Å²) < 4.78 is 0. The average Bonchev–Trinajstić information content (AvgIpc) is 2.20. The predicted molar refractivity (Wildman–Crippen MR) is 61.8 cm³/mol. The SMILES string of the molecule is CCC(N)(C(N)=O)c1ccc(Cl)c(Cl)c1. The van der Waals surface area contributed by atoms with Crippen molar-refractivity contribution in [3.05, 3.63) is 33.8 Å². The van der Waals surface area contributed by atoms with E-state index < -0.39 is 11.4 Å². The van der Waals surface area contributed by atoms with Crippen molar-refractivity contribution in [2.45, 2.75) is 18.9 Å². The summed E-state index contributed by atoms with van der Waals surface area (Å²) in [6.07, 6.45) is 0.403. The minimum Gasteiger partial charge on any atom is -0.368 e. The molecule has 1 atom stereocenters. The average molecular weight is 247 g/mol. The summed E-state index contributed by atoms with van der Waals surface area (Å²) in [5, 5.41) is 0.780. The minimum absolute atomic E-state index is 0.360. The van der Waals surface area contributed by atoms with Gasteiger partial charge in [-0.2, -0.15) is 0 Å². The number of carbonyl (C=O) groups is 1. The molecule has 0 saturated carbocycles. The van der Waals surface area contributed by atoms with E-state index in [1.165, 1.54) is 0 Å². The number of benzene rings is 1. The third-order valence-corrected chi connectivity index (χ3v) is 3.17. The second-order valence-electron chi connectivity index (χ2n) is 3.32. The highest BCUT2D eigenvalue weighted by Crippen LogP contribution is 2.29. The third-order valence-electron chi connectivity index (χ3n) is 2.43. The Morgan fingerprint density at radius 1 is 1.40 bits per heavy atom. The Morgan fingerprint density at radius 3 is 2.40 bits per heavy atom. The Kier molecular flexibility index (Phi) is 3.60. The zero-order valence-electron chi connectivity index (χ0n) is 8.26. The van der Waals surface area contributed by atoms with Crippen molar-refractivity contribution in [2.24, 2.45) is 11.5 Å². The van der Waals surface area contributed by atoms with E-state index in [0.29, 0.717) is 22.0 Å². The van der Waals surface area contributed by atoms with Crippen molar-refractivity contribution < 1.29 is 4.79 Å². The molecule has 1 amide bonds. The molecule has 15 heavy (non-hydrogen) atoms. The van der Waals surface area contributed by atoms with Crippen LogP contribution in [0.15, 0.2) is 18.2 Å². The number of rotatable bonds is 3. The van der Waals surface area contributed by atoms with E-state index in [1.807, 2.05) is 0 Å². The van der Waals surface area contributed by atoms with Gasteiger partial charge >= 0.3 is 0 Å². The summed E-state index contributed by atoms with van der Waals surface area (Å²) in [7, 11) is 0. The van der Waals surface area contributed by atoms with Gasteiger partial charge in [-0.3, -0.25) is 4.79 Å². The van der Waals surface area contributed by atoms with Crippen LogP contribution in [0, 0.1) is 0 Å². The first-order chi connectivity index (χ1) is 6.91. The number of hydrogen-bond donors (Lipinski definition) is 2. The molecule has 0 radical (unpaired) electrons. The number of carbonyl (C=O) groups excluding carboxylic acids is 1. The van der Waals surface area contributed by atoms with Gasteiger partial charge in [0.1, 0.15) is 5.54 Å². The second kappa shape index (κ2) is 4.39. The molecule has 5 heteroatoms. The first-order valence-electron chi connectivity index (χ1n) is 4.46. The smallest absolute Gasteiger partial charge is 0.242 e. The first kappa shape index (κ1) is 12.3. The molecule has 1 rings (SSSR count). The molecule has 0 aliphatic rings. The van der Waals surface area contributed by atoms with E-state index >= 15 is 0 Å². The molecule has 0 saturated heterocycles. The summed E-state index contributed by atoms with van der Waals surface area (Å²) in [4.78, 5) is 11.3. The summed E-state index contributed by atoms with van der Waals surface area (Å²) in [6, 6.07) is 4.82. The lowest BCUT2D eigenvalue weighted by molar-refractivity contribution is -0.123. The van der Waals surface area contributed by atoms with Crippen LogP contribution in [-0.4, -0.2) is 5.91 Å². The molecule has 0 heterocycles. The number of amides is 1. The molecule has 3 nitrogen and oxygen atoms in total. The maximum atomic E-state index is 11.3. The highest BCUT2D eigenvalue weighted by atomic mass is 35.5. The lowest BCUT2D eigenvalue weighted by Crippen LogP contribution is -2.48. The zero-order valence-corrected chi connectivity index (χ0v) is 9.77. The molecule has 0 aliphatic heterocycles. The largest absolute Gasteiger partial charge is 0.368 e. The monoisotopic (exact) mass is 246 g/mol. The van der Waals surface area contributed by atoms with Gasteiger partial charge in [0.25, 0.3) is 0 Å². The lowest BCUT2D eigenvalue weighted by Gasteiger charge is -2.25. The molecule has 0 aliphatic carbocycles. The Morgan fingerprint density at radius 2 is 2.00 bits per heavy atom. The van der Waals surface area contributed by atoms with Gasteiger partial charge in [0.2, 0.25) is 5.91 Å². The van der Waals surface area contributed by atoms with Gasteiger partial charge in [0.05, 0.1) is 10.0 Å². The third kappa shape index (κ3) is 2.25.